The van der Waals surface area contributed by atoms with Crippen molar-refractivity contribution < 1.29 is 13.3 Å². The van der Waals surface area contributed by atoms with Crippen LogP contribution in [0.2, 0.25) is 5.04 Å². The number of hydrogen-bond donors (Lipinski definition) is 0. The Labute approximate surface area is 356 Å². The summed E-state index contributed by atoms with van der Waals surface area (Å²) >= 11 is 0. The van der Waals surface area contributed by atoms with Gasteiger partial charge in [-0.15, -0.1) is 0 Å². The molecule has 4 aliphatic carbocycles. The van der Waals surface area contributed by atoms with Crippen LogP contribution < -0.4 is 0 Å². The van der Waals surface area contributed by atoms with E-state index in [4.69, 9.17) is 13.3 Å². The minimum atomic E-state index is -3.44. The first-order valence-corrected chi connectivity index (χ1v) is 27.4. The largest absolute Gasteiger partial charge is 0.516 e. The molecule has 0 radical (unpaired) electrons. The molecule has 0 amide bonds. The van der Waals surface area contributed by atoms with Gasteiger partial charge in [0.1, 0.15) is 0 Å². The third-order valence-corrected chi connectivity index (χ3v) is 18.2. The highest BCUT2D eigenvalue weighted by Crippen LogP contribution is 2.65. The van der Waals surface area contributed by atoms with E-state index in [1.165, 1.54) is 231 Å². The van der Waals surface area contributed by atoms with Crippen LogP contribution in [0.5, 0.6) is 0 Å². The predicted octanol–water partition coefficient (Wildman–Crippen LogP) is 17.6. The van der Waals surface area contributed by atoms with E-state index >= 15 is 0 Å². The summed E-state index contributed by atoms with van der Waals surface area (Å²) in [5.74, 6) is 0.230. The molecule has 0 heterocycles. The van der Waals surface area contributed by atoms with E-state index in [1.54, 1.807) is 22.3 Å². The van der Waals surface area contributed by atoms with Gasteiger partial charge in [0.2, 0.25) is 0 Å². The third-order valence-electron chi connectivity index (χ3n) is 14.7. The summed E-state index contributed by atoms with van der Waals surface area (Å²) in [6, 6.07) is 0. The fourth-order valence-electron chi connectivity index (χ4n) is 11.6. The second kappa shape index (κ2) is 30.1. The molecule has 0 fully saturated rings. The quantitative estimate of drug-likeness (QED) is 0.172. The van der Waals surface area contributed by atoms with Crippen molar-refractivity contribution in [2.75, 3.05) is 21.3 Å². The second-order valence-electron chi connectivity index (χ2n) is 18.9. The van der Waals surface area contributed by atoms with Crippen LogP contribution in [0.1, 0.15) is 257 Å². The first-order chi connectivity index (χ1) is 28.2. The van der Waals surface area contributed by atoms with Gasteiger partial charge in [-0.2, -0.15) is 0 Å². The van der Waals surface area contributed by atoms with Gasteiger partial charge in [-0.3, -0.25) is 0 Å². The fourth-order valence-corrected chi connectivity index (χ4v) is 15.0. The molecule has 57 heavy (non-hydrogen) atoms. The molecule has 0 bridgehead atoms. The van der Waals surface area contributed by atoms with Gasteiger partial charge < -0.3 is 13.3 Å². The van der Waals surface area contributed by atoms with Gasteiger partial charge in [-0.05, 0) is 103 Å². The maximum absolute atomic E-state index is 7.15. The lowest BCUT2D eigenvalue weighted by atomic mass is 9.66. The smallest absolute Gasteiger partial charge is 0.376 e. The Hall–Kier alpha value is -0.943. The summed E-state index contributed by atoms with van der Waals surface area (Å²) in [6.45, 7) is 0. The van der Waals surface area contributed by atoms with Crippen LogP contribution >= 0.6 is 0 Å². The minimum Gasteiger partial charge on any atom is -0.376 e. The number of rotatable bonds is 9. The first kappa shape index (κ1) is 48.7. The van der Waals surface area contributed by atoms with Gasteiger partial charge in [0.15, 0.2) is 0 Å². The van der Waals surface area contributed by atoms with Gasteiger partial charge in [0, 0.05) is 27.2 Å². The predicted molar refractivity (Wildman–Crippen MR) is 250 cm³/mol. The standard InChI is InChI=1S/C53H94O3Si/c1-54-57(55-2,56-3)53(50-44-36-28-20-12-6-13-21-29-37-45-50,51-46-38-30-22-14-7-15-23-31-39-47-51)52(48-40-32-24-16-8-4-9-17-25-33-41-48)49-42-34-26-18-10-5-11-19-27-35-43-49/h40,42,44,46,52H,4-39,41,43,45,47H2,1-3H3/b48-40+,49-42+,50-44+,51-46+. The lowest BCUT2D eigenvalue weighted by Crippen LogP contribution is -2.60. The summed E-state index contributed by atoms with van der Waals surface area (Å²) in [6.07, 6.45) is 64.0. The average Bonchev–Trinajstić information content (AvgIpc) is 3.20. The van der Waals surface area contributed by atoms with Crippen LogP contribution in [-0.2, 0) is 13.3 Å². The van der Waals surface area contributed by atoms with E-state index in [0.717, 1.165) is 25.7 Å². The van der Waals surface area contributed by atoms with Crippen molar-refractivity contribution in [3.63, 3.8) is 0 Å². The molecule has 3 nitrogen and oxygen atoms in total. The highest BCUT2D eigenvalue weighted by molar-refractivity contribution is 6.66. The van der Waals surface area contributed by atoms with Crippen molar-refractivity contribution in [3.05, 3.63) is 46.6 Å². The Bertz CT molecular complexity index is 1080. The zero-order valence-electron chi connectivity index (χ0n) is 38.4. The maximum atomic E-state index is 7.15. The van der Waals surface area contributed by atoms with Gasteiger partial charge in [0.25, 0.3) is 0 Å². The van der Waals surface area contributed by atoms with E-state index in [2.05, 4.69) is 24.3 Å². The highest BCUT2D eigenvalue weighted by Gasteiger charge is 2.67. The maximum Gasteiger partial charge on any atom is 0.516 e. The SMILES string of the molecule is CO[Si](OC)(OC)C(/C1=C/CCCCCCCCCC1)(/C1=C/CCCCCCCCCC1)C(/C1=C/CCCCCCCCCC1)/C1=C/CCCCCCCCCC1. The average molecular weight is 807 g/mol. The Morgan fingerprint density at radius 2 is 0.579 bits per heavy atom. The fraction of sp³-hybridized carbons (Fsp3) is 0.849. The lowest BCUT2D eigenvalue weighted by molar-refractivity contribution is 0.0928. The molecule has 0 N–H and O–H groups in total. The monoisotopic (exact) mass is 807 g/mol. The zero-order valence-corrected chi connectivity index (χ0v) is 39.4. The van der Waals surface area contributed by atoms with Gasteiger partial charge in [-0.25, -0.2) is 0 Å². The second-order valence-corrected chi connectivity index (χ2v) is 22.0. The molecule has 0 saturated heterocycles. The normalized spacial score (nSPS) is 27.1. The molecular formula is C53H94O3Si. The summed E-state index contributed by atoms with van der Waals surface area (Å²) in [5, 5.41) is -0.439. The third kappa shape index (κ3) is 15.8. The van der Waals surface area contributed by atoms with Crippen LogP contribution in [0.25, 0.3) is 0 Å². The first-order valence-electron chi connectivity index (χ1n) is 25.7. The van der Waals surface area contributed by atoms with Gasteiger partial charge >= 0.3 is 8.80 Å². The molecule has 0 aliphatic heterocycles. The lowest BCUT2D eigenvalue weighted by Gasteiger charge is -2.53. The summed E-state index contributed by atoms with van der Waals surface area (Å²) in [4.78, 5) is 0. The molecule has 0 atom stereocenters. The molecule has 0 aromatic heterocycles. The summed E-state index contributed by atoms with van der Waals surface area (Å²) < 4.78 is 21.4. The Morgan fingerprint density at radius 1 is 0.333 bits per heavy atom. The minimum absolute atomic E-state index is 0.230. The molecule has 0 aromatic carbocycles. The zero-order chi connectivity index (χ0) is 40.1. The van der Waals surface area contributed by atoms with E-state index in [1.807, 2.05) is 21.3 Å². The molecule has 328 valence electrons. The Balaban J connectivity index is 2.10. The highest BCUT2D eigenvalue weighted by atomic mass is 28.4. The molecule has 0 saturated carbocycles. The van der Waals surface area contributed by atoms with E-state index < -0.39 is 13.8 Å². The Morgan fingerprint density at radius 3 is 0.877 bits per heavy atom. The Kier molecular flexibility index (Phi) is 25.8. The van der Waals surface area contributed by atoms with Crippen molar-refractivity contribution in [3.8, 4) is 0 Å². The number of allylic oxidation sites excluding steroid dienone is 8. The van der Waals surface area contributed by atoms with Gasteiger partial charge in [-0.1, -0.05) is 201 Å². The molecule has 4 rings (SSSR count). The number of hydrogen-bond acceptors (Lipinski definition) is 3. The van der Waals surface area contributed by atoms with Crippen molar-refractivity contribution in [2.45, 2.75) is 262 Å². The van der Waals surface area contributed by atoms with E-state index in [0.29, 0.717) is 0 Å². The van der Waals surface area contributed by atoms with Gasteiger partial charge in [0.05, 0.1) is 5.04 Å². The summed E-state index contributed by atoms with van der Waals surface area (Å²) in [7, 11) is 2.48. The van der Waals surface area contributed by atoms with Crippen molar-refractivity contribution >= 4 is 8.80 Å². The van der Waals surface area contributed by atoms with E-state index in [-0.39, 0.29) is 5.92 Å². The van der Waals surface area contributed by atoms with Crippen LogP contribution in [0.15, 0.2) is 46.6 Å². The molecule has 4 aliphatic rings. The van der Waals surface area contributed by atoms with E-state index in [9.17, 15) is 0 Å². The molecule has 4 heteroatoms. The topological polar surface area (TPSA) is 27.7 Å². The molecule has 0 aromatic rings. The van der Waals surface area contributed by atoms with Crippen LogP contribution in [0.4, 0.5) is 0 Å². The summed E-state index contributed by atoms with van der Waals surface area (Å²) in [5.41, 5.74) is 6.72. The van der Waals surface area contributed by atoms with Crippen LogP contribution in [-0.4, -0.2) is 30.1 Å². The molecule has 0 spiro atoms. The molecule has 0 unspecified atom stereocenters. The van der Waals surface area contributed by atoms with Crippen molar-refractivity contribution in [1.82, 2.24) is 0 Å². The van der Waals surface area contributed by atoms with Crippen molar-refractivity contribution in [1.29, 1.82) is 0 Å². The van der Waals surface area contributed by atoms with Crippen LogP contribution in [0.3, 0.4) is 0 Å². The van der Waals surface area contributed by atoms with Crippen LogP contribution in [0, 0.1) is 5.92 Å². The van der Waals surface area contributed by atoms with Crippen molar-refractivity contribution in [2.24, 2.45) is 5.92 Å². The molecular weight excluding hydrogens is 713 g/mol.